The summed E-state index contributed by atoms with van der Waals surface area (Å²) in [6, 6.07) is 26.4. The molecule has 12 saturated heterocycles. The van der Waals surface area contributed by atoms with E-state index in [9.17, 15) is 81.5 Å². The van der Waals surface area contributed by atoms with Crippen molar-refractivity contribution >= 4 is 73.0 Å². The summed E-state index contributed by atoms with van der Waals surface area (Å²) in [5.41, 5.74) is -2.55. The summed E-state index contributed by atoms with van der Waals surface area (Å²) < 4.78 is 166. The number of hydrogen-bond donors (Lipinski definition) is 0. The molecule has 18 rings (SSSR count). The lowest BCUT2D eigenvalue weighted by atomic mass is 9.76. The summed E-state index contributed by atoms with van der Waals surface area (Å²) in [6.45, 7) is 28.1. The zero-order valence-electron chi connectivity index (χ0n) is 74.2. The molecule has 0 spiro atoms. The maximum atomic E-state index is 14.6. The number of amides is 6. The van der Waals surface area contributed by atoms with Crippen LogP contribution in [0.15, 0.2) is 131 Å². The minimum atomic E-state index is -2.98. The molecule has 0 bridgehead atoms. The zero-order valence-corrected chi connectivity index (χ0v) is 77.4. The summed E-state index contributed by atoms with van der Waals surface area (Å²) in [5, 5.41) is 22.1. The Balaban J connectivity index is 0.000000132. The molecule has 6 amide bonds. The van der Waals surface area contributed by atoms with Gasteiger partial charge in [0, 0.05) is 124 Å². The lowest BCUT2D eigenvalue weighted by molar-refractivity contribution is -0.157. The number of carbonyl (C=O) groups excluding carboxylic acids is 6. The van der Waals surface area contributed by atoms with Gasteiger partial charge in [0.2, 0.25) is 17.7 Å². The summed E-state index contributed by atoms with van der Waals surface area (Å²) in [6.07, 6.45) is 8.89. The van der Waals surface area contributed by atoms with Gasteiger partial charge in [-0.15, -0.1) is 0 Å². The van der Waals surface area contributed by atoms with Gasteiger partial charge in [-0.05, 0) is 228 Å². The fraction of sp³-hybridized carbons (Fsp3) is 0.564. The van der Waals surface area contributed by atoms with E-state index in [0.717, 1.165) is 100 Å². The molecule has 129 heavy (non-hydrogen) atoms. The molecular weight excluding hydrogens is 1820 g/mol. The summed E-state index contributed by atoms with van der Waals surface area (Å²) in [7, 11) is 0. The number of fused-ring (bicyclic) bond motifs is 6. The molecule has 35 heteroatoms. The van der Waals surface area contributed by atoms with Crippen molar-refractivity contribution in [1.82, 2.24) is 64.8 Å². The second kappa shape index (κ2) is 37.1. The van der Waals surface area contributed by atoms with Gasteiger partial charge in [0.1, 0.15) is 44.6 Å². The third-order valence-electron chi connectivity index (χ3n) is 29.4. The van der Waals surface area contributed by atoms with E-state index in [1.165, 1.54) is 61.1 Å². The van der Waals surface area contributed by atoms with Gasteiger partial charge in [-0.3, -0.25) is 63.8 Å². The van der Waals surface area contributed by atoms with E-state index in [1.54, 1.807) is 101 Å². The third kappa shape index (κ3) is 17.7. The van der Waals surface area contributed by atoms with Gasteiger partial charge in [0.05, 0.1) is 53.8 Å². The highest BCUT2D eigenvalue weighted by atomic mass is 79.9. The fourth-order valence-corrected chi connectivity index (χ4v) is 21.6. The number of nitriles is 1. The highest BCUT2D eigenvalue weighted by molar-refractivity contribution is 9.10. The van der Waals surface area contributed by atoms with Crippen molar-refractivity contribution in [2.45, 2.75) is 252 Å². The molecule has 6 aromatic rings. The fourth-order valence-electron chi connectivity index (χ4n) is 20.8. The molecule has 21 nitrogen and oxygen atoms in total. The average molecular weight is 1930 g/mol. The highest BCUT2D eigenvalue weighted by Gasteiger charge is 2.67. The van der Waals surface area contributed by atoms with Gasteiger partial charge in [0.15, 0.2) is 5.69 Å². The summed E-state index contributed by atoms with van der Waals surface area (Å²) >= 11 is 6.71. The number of halogens is 14. The number of rotatable bonds is 15. The van der Waals surface area contributed by atoms with Crippen molar-refractivity contribution in [2.75, 3.05) is 52.4 Å². The second-order valence-electron chi connectivity index (χ2n) is 37.5. The number of pyridine rings is 3. The summed E-state index contributed by atoms with van der Waals surface area (Å²) in [4.78, 5) is 95.0. The van der Waals surface area contributed by atoms with Gasteiger partial charge in [-0.2, -0.15) is 5.26 Å². The number of benzene rings is 3. The highest BCUT2D eigenvalue weighted by Crippen LogP contribution is 2.58. The zero-order chi connectivity index (χ0) is 94.1. The van der Waals surface area contributed by atoms with E-state index in [1.807, 2.05) is 73.5 Å². The third-order valence-corrected chi connectivity index (χ3v) is 30.3. The van der Waals surface area contributed by atoms with E-state index in [4.69, 9.17) is 11.8 Å². The largest absolute Gasteiger partial charge is 0.332 e. The van der Waals surface area contributed by atoms with Crippen LogP contribution in [0.25, 0.3) is 4.85 Å². The number of aromatic nitrogens is 3. The molecule has 0 radical (unpaired) electrons. The Bertz CT molecular complexity index is 4940. The van der Waals surface area contributed by atoms with Crippen molar-refractivity contribution in [3.63, 3.8) is 0 Å². The minimum absolute atomic E-state index is 0.0427. The van der Waals surface area contributed by atoms with Crippen LogP contribution in [0, 0.1) is 70.1 Å². The van der Waals surface area contributed by atoms with Crippen molar-refractivity contribution < 1.29 is 81.5 Å². The first-order valence-electron chi connectivity index (χ1n) is 43.8. The van der Waals surface area contributed by atoms with E-state index in [2.05, 4.69) is 63.8 Å². The predicted molar refractivity (Wildman–Crippen MR) is 462 cm³/mol. The van der Waals surface area contributed by atoms with Crippen LogP contribution < -0.4 is 0 Å². The van der Waals surface area contributed by atoms with Crippen LogP contribution in [0.2, 0.25) is 0 Å². The Hall–Kier alpha value is -9.13. The van der Waals surface area contributed by atoms with Crippen molar-refractivity contribution in [3.8, 4) is 6.07 Å². The minimum Gasteiger partial charge on any atom is -0.332 e. The molecule has 3 aromatic heterocycles. The summed E-state index contributed by atoms with van der Waals surface area (Å²) in [5.74, 6) is -8.93. The maximum absolute atomic E-state index is 14.6. The maximum Gasteiger partial charge on any atom is 0.259 e. The number of aryl methyl sites for hydroxylation is 2. The normalized spacial score (nSPS) is 30.0. The number of alkyl halides is 11. The number of carbonyl (C=O) groups is 6. The standard InChI is InChI=1S/C17H19F2N3O.2C17H21F2NO.C15H16F2N4O.2C14H16BrF2N3O/c1-16(2,19)17(3)10-21-6-5-14(22(21)15(17)23)11-7-12(18)9-13(8-11)20-4;2*1-11-5-4-6-12(9-11)14-8-7-13-10-16(2,17(3,18)19)15(21)20(13)14;1-2-15(13(16)17)9-20-4-3-12(21(20)14(15)22)11-5-10(6-18)7-19-8-11;2*1-2-14(12(16)17)8-19-4-3-11(20(19)13(14)21)9-5-10(15)7-18-6-9/h7-9,14H,5-6,10H2,1-3H3;2*4-6,9,13-14H,7-8,10H2,1-3H3;5,7-8,12-13H,2-4,9H2,1H3;2*5-7,11-12H,2-4,8H2,1H3/t14-,17+;13-,14-,16+;13-,14-,16-;;2*11-,14+/m011.10/s1. The Morgan fingerprint density at radius 1 is 0.450 bits per heavy atom. The molecule has 12 aliphatic heterocycles. The molecule has 14 atom stereocenters. The van der Waals surface area contributed by atoms with E-state index < -0.39 is 92.8 Å². The molecule has 3 aromatic carbocycles. The molecule has 0 aliphatic carbocycles. The predicted octanol–water partition coefficient (Wildman–Crippen LogP) is 20.0. The number of hydrazine groups is 4. The van der Waals surface area contributed by atoms with Gasteiger partial charge >= 0.3 is 0 Å². The Labute approximate surface area is 761 Å². The SMILES string of the molecule is CCC1(C(F)F)CN2CCC(c3cncc(C#N)c3)N2C1=O.CC[C@@]1(C(F)F)CN2CC[C@H](c3cncc(Br)c3)N2C1=O.CC[C@]1(C(F)F)CN2CC[C@@H](c3cncc(Br)c3)N2C1=O.Cc1cccc([C@H]2CC[C@@H]3C[C@@](C)(C(C)(F)F)C(=O)N32)c1.Cc1cccc([C@H]2CC[C@@H]3C[C@](C)(C(C)(F)F)C(=O)N32)c1.[C-]#[N+]c1cc(F)cc([C@@H]2CCN3C[C@@](C)(C(C)(C)F)C(=O)N23)c1. The molecule has 2 unspecified atom stereocenters. The molecule has 12 fully saturated rings. The lowest BCUT2D eigenvalue weighted by Crippen LogP contribution is -2.46. The van der Waals surface area contributed by atoms with Crippen LogP contribution in [0.1, 0.15) is 239 Å². The smallest absolute Gasteiger partial charge is 0.259 e. The number of hydrogen-bond acceptors (Lipinski definition) is 14. The van der Waals surface area contributed by atoms with Crippen LogP contribution >= 0.6 is 31.9 Å². The molecular formula is C94H109Br2F12N15O6. The molecule has 0 saturated carbocycles. The van der Waals surface area contributed by atoms with E-state index >= 15 is 0 Å². The van der Waals surface area contributed by atoms with Gasteiger partial charge in [0.25, 0.3) is 48.8 Å². The quantitative estimate of drug-likeness (QED) is 0.0694. The van der Waals surface area contributed by atoms with Crippen LogP contribution in [-0.4, -0.2) is 201 Å². The Kier molecular flexibility index (Phi) is 28.0. The monoisotopic (exact) mass is 1930 g/mol. The van der Waals surface area contributed by atoms with Gasteiger partial charge in [-0.1, -0.05) is 86.5 Å². The first-order chi connectivity index (χ1) is 60.7. The first-order valence-corrected chi connectivity index (χ1v) is 45.4. The second-order valence-corrected chi connectivity index (χ2v) is 39.4. The topological polar surface area (TPSA) is 202 Å². The van der Waals surface area contributed by atoms with Crippen LogP contribution in [0.5, 0.6) is 0 Å². The van der Waals surface area contributed by atoms with Crippen LogP contribution in [0.3, 0.4) is 0 Å². The molecule has 0 N–H and O–H groups in total. The number of nitrogens with zero attached hydrogens (tertiary/aromatic N) is 15. The van der Waals surface area contributed by atoms with Crippen molar-refractivity contribution in [2.24, 2.45) is 32.5 Å². The van der Waals surface area contributed by atoms with Crippen molar-refractivity contribution in [3.05, 3.63) is 198 Å². The van der Waals surface area contributed by atoms with E-state index in [-0.39, 0.29) is 123 Å². The van der Waals surface area contributed by atoms with E-state index in [0.29, 0.717) is 56.7 Å². The molecule has 12 aliphatic rings. The molecule has 15 heterocycles. The Morgan fingerprint density at radius 3 is 1.14 bits per heavy atom. The van der Waals surface area contributed by atoms with Crippen LogP contribution in [-0.2, 0) is 28.8 Å². The van der Waals surface area contributed by atoms with Gasteiger partial charge in [-0.25, -0.2) is 77.6 Å². The van der Waals surface area contributed by atoms with Gasteiger partial charge < -0.3 is 9.80 Å². The lowest BCUT2D eigenvalue weighted by Gasteiger charge is -2.33. The van der Waals surface area contributed by atoms with Crippen LogP contribution in [0.4, 0.5) is 58.4 Å². The average Bonchev–Trinajstić information content (AvgIpc) is 1.74. The van der Waals surface area contributed by atoms with Crippen molar-refractivity contribution in [1.29, 1.82) is 5.26 Å². The Morgan fingerprint density at radius 2 is 0.806 bits per heavy atom. The molecule has 694 valence electrons. The first kappa shape index (κ1) is 97.4.